The molecule has 35 heavy (non-hydrogen) atoms. The molecule has 2 aliphatic rings. The van der Waals surface area contributed by atoms with Crippen molar-refractivity contribution in [3.63, 3.8) is 0 Å². The van der Waals surface area contributed by atoms with Gasteiger partial charge in [0.1, 0.15) is 5.76 Å². The quantitative estimate of drug-likeness (QED) is 0.485. The number of fused-ring (bicyclic) bond motifs is 1. The van der Waals surface area contributed by atoms with Crippen molar-refractivity contribution in [3.05, 3.63) is 82.8 Å². The summed E-state index contributed by atoms with van der Waals surface area (Å²) in [6.07, 6.45) is 4.11. The van der Waals surface area contributed by atoms with Gasteiger partial charge < -0.3 is 18.8 Å². The molecular weight excluding hydrogens is 440 g/mol. The highest BCUT2D eigenvalue weighted by Crippen LogP contribution is 2.33. The van der Waals surface area contributed by atoms with Crippen molar-refractivity contribution in [2.24, 2.45) is 5.92 Å². The number of ether oxygens (including phenoxy) is 2. The minimum atomic E-state index is 0.00947. The lowest BCUT2D eigenvalue weighted by atomic mass is 9.90. The number of methoxy groups -OCH3 is 2. The lowest BCUT2D eigenvalue weighted by Crippen LogP contribution is -2.38. The van der Waals surface area contributed by atoms with Crippen LogP contribution >= 0.6 is 0 Å². The van der Waals surface area contributed by atoms with Crippen molar-refractivity contribution in [1.29, 1.82) is 0 Å². The van der Waals surface area contributed by atoms with E-state index in [9.17, 15) is 4.79 Å². The zero-order valence-electron chi connectivity index (χ0n) is 20.7. The fourth-order valence-corrected chi connectivity index (χ4v) is 5.32. The molecule has 184 valence electrons. The Bertz CT molecular complexity index is 1150. The number of rotatable bonds is 7. The summed E-state index contributed by atoms with van der Waals surface area (Å²) in [7, 11) is 3.33. The maximum absolute atomic E-state index is 13.1. The molecule has 5 rings (SSSR count). The van der Waals surface area contributed by atoms with E-state index in [1.165, 1.54) is 16.7 Å². The van der Waals surface area contributed by atoms with Crippen LogP contribution in [0.3, 0.4) is 0 Å². The molecule has 0 aliphatic carbocycles. The molecule has 0 saturated carbocycles. The number of amides is 1. The minimum Gasteiger partial charge on any atom is -0.493 e. The van der Waals surface area contributed by atoms with Gasteiger partial charge in [0.25, 0.3) is 5.91 Å². The fourth-order valence-electron chi connectivity index (χ4n) is 5.32. The molecule has 3 aromatic rings. The van der Waals surface area contributed by atoms with E-state index in [0.717, 1.165) is 69.1 Å². The van der Waals surface area contributed by atoms with Crippen LogP contribution in [0.15, 0.2) is 59.0 Å². The van der Waals surface area contributed by atoms with E-state index in [2.05, 4.69) is 47.4 Å². The molecule has 1 aromatic heterocycles. The van der Waals surface area contributed by atoms with E-state index >= 15 is 0 Å². The summed E-state index contributed by atoms with van der Waals surface area (Å²) in [6.45, 7) is 4.01. The third kappa shape index (κ3) is 5.38. The summed E-state index contributed by atoms with van der Waals surface area (Å²) < 4.78 is 16.9. The molecule has 0 spiro atoms. The van der Waals surface area contributed by atoms with Crippen molar-refractivity contribution in [1.82, 2.24) is 9.80 Å². The molecule has 0 unspecified atom stereocenters. The molecule has 1 fully saturated rings. The van der Waals surface area contributed by atoms with Gasteiger partial charge in [-0.25, -0.2) is 0 Å². The summed E-state index contributed by atoms with van der Waals surface area (Å²) >= 11 is 0. The van der Waals surface area contributed by atoms with Crippen LogP contribution in [0.25, 0.3) is 0 Å². The number of hydrogen-bond acceptors (Lipinski definition) is 5. The molecule has 0 atom stereocenters. The Hall–Kier alpha value is -3.25. The summed E-state index contributed by atoms with van der Waals surface area (Å²) in [5.74, 6) is 3.45. The average Bonchev–Trinajstić information content (AvgIpc) is 3.37. The molecule has 0 radical (unpaired) electrons. The van der Waals surface area contributed by atoms with E-state index in [1.54, 1.807) is 14.2 Å². The predicted octanol–water partition coefficient (Wildman–Crippen LogP) is 4.95. The molecule has 2 aliphatic heterocycles. The van der Waals surface area contributed by atoms with Gasteiger partial charge in [-0.3, -0.25) is 9.69 Å². The zero-order chi connectivity index (χ0) is 24.2. The van der Waals surface area contributed by atoms with E-state index in [-0.39, 0.29) is 5.91 Å². The highest BCUT2D eigenvalue weighted by atomic mass is 16.5. The van der Waals surface area contributed by atoms with E-state index in [4.69, 9.17) is 13.9 Å². The number of likely N-dealkylation sites (tertiary alicyclic amines) is 1. The summed E-state index contributed by atoms with van der Waals surface area (Å²) in [5.41, 5.74) is 3.92. The second kappa shape index (κ2) is 10.6. The Labute approximate surface area is 207 Å². The molecule has 1 saturated heterocycles. The van der Waals surface area contributed by atoms with Gasteiger partial charge in [0, 0.05) is 26.2 Å². The largest absolute Gasteiger partial charge is 0.493 e. The van der Waals surface area contributed by atoms with Crippen LogP contribution in [0, 0.1) is 5.92 Å². The minimum absolute atomic E-state index is 0.00947. The monoisotopic (exact) mass is 474 g/mol. The Morgan fingerprint density at radius 2 is 1.66 bits per heavy atom. The van der Waals surface area contributed by atoms with E-state index < -0.39 is 0 Å². The highest BCUT2D eigenvalue weighted by molar-refractivity contribution is 5.91. The standard InChI is InChI=1S/C29H34N2O4/c1-33-27-17-23-12-13-30(19-24(23)18-28(27)34-2)20-25-8-9-26(35-25)29(32)31-14-10-22(11-15-31)16-21-6-4-3-5-7-21/h3-9,17-18,22H,10-16,19-20H2,1-2H3. The predicted molar refractivity (Wildman–Crippen MR) is 135 cm³/mol. The van der Waals surface area contributed by atoms with Gasteiger partial charge >= 0.3 is 0 Å². The van der Waals surface area contributed by atoms with Gasteiger partial charge in [-0.15, -0.1) is 0 Å². The number of nitrogens with zero attached hydrogens (tertiary/aromatic N) is 2. The first kappa shape index (κ1) is 23.5. The molecule has 6 nitrogen and oxygen atoms in total. The first-order valence-corrected chi connectivity index (χ1v) is 12.5. The molecule has 1 amide bonds. The molecule has 2 aromatic carbocycles. The Morgan fingerprint density at radius 3 is 2.37 bits per heavy atom. The maximum Gasteiger partial charge on any atom is 0.289 e. The van der Waals surface area contributed by atoms with Crippen LogP contribution in [0.1, 0.15) is 45.8 Å². The van der Waals surface area contributed by atoms with Crippen molar-refractivity contribution >= 4 is 5.91 Å². The summed E-state index contributed by atoms with van der Waals surface area (Å²) in [5, 5.41) is 0. The Morgan fingerprint density at radius 1 is 0.943 bits per heavy atom. The zero-order valence-corrected chi connectivity index (χ0v) is 20.7. The van der Waals surface area contributed by atoms with Crippen molar-refractivity contribution in [3.8, 4) is 11.5 Å². The molecule has 6 heteroatoms. The van der Waals surface area contributed by atoms with Crippen molar-refractivity contribution < 1.29 is 18.7 Å². The van der Waals surface area contributed by atoms with Crippen LogP contribution in [0.5, 0.6) is 11.5 Å². The van der Waals surface area contributed by atoms with Crippen LogP contribution in [0.4, 0.5) is 0 Å². The van der Waals surface area contributed by atoms with Gasteiger partial charge in [0.15, 0.2) is 17.3 Å². The van der Waals surface area contributed by atoms with Gasteiger partial charge in [0.05, 0.1) is 20.8 Å². The van der Waals surface area contributed by atoms with Crippen molar-refractivity contribution in [2.75, 3.05) is 33.9 Å². The highest BCUT2D eigenvalue weighted by Gasteiger charge is 2.26. The van der Waals surface area contributed by atoms with Crippen LogP contribution < -0.4 is 9.47 Å². The SMILES string of the molecule is COc1cc2c(cc1OC)CN(Cc1ccc(C(=O)N3CCC(Cc4ccccc4)CC3)o1)CC2. The normalized spacial score (nSPS) is 16.7. The first-order valence-electron chi connectivity index (χ1n) is 12.5. The number of furan rings is 1. The molecule has 0 N–H and O–H groups in total. The number of benzene rings is 2. The smallest absolute Gasteiger partial charge is 0.289 e. The number of piperidine rings is 1. The van der Waals surface area contributed by atoms with Gasteiger partial charge in [-0.2, -0.15) is 0 Å². The summed E-state index contributed by atoms with van der Waals surface area (Å²) in [4.78, 5) is 17.3. The Balaban J connectivity index is 1.15. The summed E-state index contributed by atoms with van der Waals surface area (Å²) in [6, 6.07) is 18.6. The fraction of sp³-hybridized carbons (Fsp3) is 0.414. The van der Waals surface area contributed by atoms with Crippen LogP contribution in [-0.2, 0) is 25.9 Å². The van der Waals surface area contributed by atoms with Crippen LogP contribution in [-0.4, -0.2) is 49.6 Å². The van der Waals surface area contributed by atoms with Crippen molar-refractivity contribution in [2.45, 2.75) is 38.8 Å². The number of carbonyl (C=O) groups excluding carboxylic acids is 1. The van der Waals surface area contributed by atoms with Gasteiger partial charge in [-0.05, 0) is 72.6 Å². The first-order chi connectivity index (χ1) is 17.1. The van der Waals surface area contributed by atoms with E-state index in [0.29, 0.717) is 18.2 Å². The lowest BCUT2D eigenvalue weighted by Gasteiger charge is -2.31. The molecule has 3 heterocycles. The average molecular weight is 475 g/mol. The van der Waals surface area contributed by atoms with E-state index in [1.807, 2.05) is 17.0 Å². The Kier molecular flexibility index (Phi) is 7.09. The molecular formula is C29H34N2O4. The number of carbonyl (C=O) groups is 1. The second-order valence-corrected chi connectivity index (χ2v) is 9.63. The topological polar surface area (TPSA) is 55.2 Å². The van der Waals surface area contributed by atoms with Crippen LogP contribution in [0.2, 0.25) is 0 Å². The van der Waals surface area contributed by atoms with Gasteiger partial charge in [0.2, 0.25) is 0 Å². The maximum atomic E-state index is 13.1. The molecule has 0 bridgehead atoms. The third-order valence-electron chi connectivity index (χ3n) is 7.32. The lowest BCUT2D eigenvalue weighted by molar-refractivity contribution is 0.0654. The van der Waals surface area contributed by atoms with Gasteiger partial charge in [-0.1, -0.05) is 30.3 Å². The third-order valence-corrected chi connectivity index (χ3v) is 7.32. The second-order valence-electron chi connectivity index (χ2n) is 9.63. The number of hydrogen-bond donors (Lipinski definition) is 0.